The molecular formula is C20H31NO5S. The van der Waals surface area contributed by atoms with Crippen LogP contribution in [-0.4, -0.2) is 38.2 Å². The van der Waals surface area contributed by atoms with E-state index in [0.29, 0.717) is 5.56 Å². The first-order valence-electron chi connectivity index (χ1n) is 9.31. The first kappa shape index (κ1) is 23.1. The number of hydrogen-bond acceptors (Lipinski definition) is 5. The van der Waals surface area contributed by atoms with Crippen molar-refractivity contribution >= 4 is 21.7 Å². The molecule has 0 radical (unpaired) electrons. The standard InChI is InChI=1S/C20H31NO5S/c1-6-15(7-2)14-27(24,25)17-10-8-9-16(13-17)18(22)11-12-21-19(23)26-20(3,4)5/h8-10,13,15H,6-7,11-12,14H2,1-5H3,(H,21,23). The molecule has 27 heavy (non-hydrogen) atoms. The zero-order chi connectivity index (χ0) is 20.7. The number of Topliss-reactive ketones (excluding diaryl/α,β-unsaturated/α-hetero) is 1. The number of sulfone groups is 1. The highest BCUT2D eigenvalue weighted by molar-refractivity contribution is 7.91. The maximum absolute atomic E-state index is 12.6. The zero-order valence-electron chi connectivity index (χ0n) is 16.9. The number of carbonyl (C=O) groups excluding carboxylic acids is 2. The van der Waals surface area contributed by atoms with E-state index in [9.17, 15) is 18.0 Å². The Labute approximate surface area is 162 Å². The third-order valence-electron chi connectivity index (χ3n) is 4.15. The fourth-order valence-corrected chi connectivity index (χ4v) is 4.41. The molecule has 1 amide bonds. The minimum atomic E-state index is -3.44. The van der Waals surface area contributed by atoms with Gasteiger partial charge < -0.3 is 10.1 Å². The molecule has 1 aromatic carbocycles. The van der Waals surface area contributed by atoms with Gasteiger partial charge >= 0.3 is 6.09 Å². The molecule has 0 fully saturated rings. The minimum absolute atomic E-state index is 0.0648. The normalized spacial score (nSPS) is 12.1. The van der Waals surface area contributed by atoms with Crippen LogP contribution in [0, 0.1) is 5.92 Å². The smallest absolute Gasteiger partial charge is 0.407 e. The molecule has 0 aliphatic rings. The van der Waals surface area contributed by atoms with Gasteiger partial charge in [-0.05, 0) is 38.8 Å². The van der Waals surface area contributed by atoms with Gasteiger partial charge in [0.05, 0.1) is 10.6 Å². The number of ether oxygens (including phenoxy) is 1. The summed E-state index contributed by atoms with van der Waals surface area (Å²) in [6.45, 7) is 9.34. The van der Waals surface area contributed by atoms with Crippen LogP contribution in [0.1, 0.15) is 64.2 Å². The van der Waals surface area contributed by atoms with Gasteiger partial charge in [0.25, 0.3) is 0 Å². The average molecular weight is 398 g/mol. The molecule has 0 heterocycles. The predicted octanol–water partition coefficient (Wildman–Crippen LogP) is 3.99. The van der Waals surface area contributed by atoms with Gasteiger partial charge in [-0.15, -0.1) is 0 Å². The summed E-state index contributed by atoms with van der Waals surface area (Å²) in [5.74, 6) is -0.0456. The quantitative estimate of drug-likeness (QED) is 0.636. The topological polar surface area (TPSA) is 89.5 Å². The van der Waals surface area contributed by atoms with Crippen molar-refractivity contribution in [1.82, 2.24) is 5.32 Å². The van der Waals surface area contributed by atoms with Crippen molar-refractivity contribution < 1.29 is 22.7 Å². The van der Waals surface area contributed by atoms with Crippen LogP contribution in [0.2, 0.25) is 0 Å². The van der Waals surface area contributed by atoms with E-state index in [1.165, 1.54) is 12.1 Å². The first-order chi connectivity index (χ1) is 12.5. The molecule has 1 rings (SSSR count). The lowest BCUT2D eigenvalue weighted by Crippen LogP contribution is -2.33. The first-order valence-corrected chi connectivity index (χ1v) is 11.0. The highest BCUT2D eigenvalue weighted by Gasteiger charge is 2.21. The van der Waals surface area contributed by atoms with Gasteiger partial charge in [0.15, 0.2) is 15.6 Å². The van der Waals surface area contributed by atoms with Crippen molar-refractivity contribution in [2.75, 3.05) is 12.3 Å². The third-order valence-corrected chi connectivity index (χ3v) is 6.03. The summed E-state index contributed by atoms with van der Waals surface area (Å²) < 4.78 is 30.3. The largest absolute Gasteiger partial charge is 0.444 e. The minimum Gasteiger partial charge on any atom is -0.444 e. The lowest BCUT2D eigenvalue weighted by Gasteiger charge is -2.19. The molecule has 0 aliphatic heterocycles. The van der Waals surface area contributed by atoms with Gasteiger partial charge in [-0.3, -0.25) is 4.79 Å². The van der Waals surface area contributed by atoms with Crippen LogP contribution in [0.5, 0.6) is 0 Å². The second-order valence-corrected chi connectivity index (χ2v) is 9.63. The molecule has 0 saturated heterocycles. The van der Waals surface area contributed by atoms with E-state index in [1.807, 2.05) is 13.8 Å². The lowest BCUT2D eigenvalue weighted by atomic mass is 10.1. The fourth-order valence-electron chi connectivity index (χ4n) is 2.53. The molecule has 1 aromatic rings. The Morgan fingerprint density at radius 3 is 2.33 bits per heavy atom. The number of alkyl carbamates (subject to hydrolysis) is 1. The van der Waals surface area contributed by atoms with E-state index < -0.39 is 21.5 Å². The Hall–Kier alpha value is -1.89. The van der Waals surface area contributed by atoms with Crippen LogP contribution < -0.4 is 5.32 Å². The molecule has 7 heteroatoms. The van der Waals surface area contributed by atoms with Crippen molar-refractivity contribution in [3.05, 3.63) is 29.8 Å². The number of ketones is 1. The summed E-state index contributed by atoms with van der Waals surface area (Å²) in [4.78, 5) is 24.1. The Morgan fingerprint density at radius 1 is 1.15 bits per heavy atom. The van der Waals surface area contributed by atoms with Crippen LogP contribution in [-0.2, 0) is 14.6 Å². The second kappa shape index (κ2) is 9.88. The Kier molecular flexibility index (Phi) is 8.47. The van der Waals surface area contributed by atoms with Crippen LogP contribution >= 0.6 is 0 Å². The molecule has 6 nitrogen and oxygen atoms in total. The molecule has 0 spiro atoms. The Morgan fingerprint density at radius 2 is 1.78 bits per heavy atom. The van der Waals surface area contributed by atoms with Crippen LogP contribution in [0.3, 0.4) is 0 Å². The highest BCUT2D eigenvalue weighted by atomic mass is 32.2. The van der Waals surface area contributed by atoms with E-state index in [2.05, 4.69) is 5.32 Å². The van der Waals surface area contributed by atoms with E-state index in [0.717, 1.165) is 12.8 Å². The predicted molar refractivity (Wildman–Crippen MR) is 106 cm³/mol. The van der Waals surface area contributed by atoms with Gasteiger partial charge in [-0.1, -0.05) is 38.8 Å². The summed E-state index contributed by atoms with van der Waals surface area (Å²) >= 11 is 0. The summed E-state index contributed by atoms with van der Waals surface area (Å²) in [7, 11) is -3.44. The lowest BCUT2D eigenvalue weighted by molar-refractivity contribution is 0.0527. The molecule has 0 unspecified atom stereocenters. The van der Waals surface area contributed by atoms with Crippen molar-refractivity contribution in [2.24, 2.45) is 5.92 Å². The fraction of sp³-hybridized carbons (Fsp3) is 0.600. The number of rotatable bonds is 9. The summed E-state index contributed by atoms with van der Waals surface area (Å²) in [5.41, 5.74) is -0.280. The summed E-state index contributed by atoms with van der Waals surface area (Å²) in [6, 6.07) is 6.11. The van der Waals surface area contributed by atoms with E-state index in [-0.39, 0.29) is 35.3 Å². The van der Waals surface area contributed by atoms with Crippen molar-refractivity contribution in [1.29, 1.82) is 0 Å². The summed E-state index contributed by atoms with van der Waals surface area (Å²) in [6.07, 6.45) is 1.07. The van der Waals surface area contributed by atoms with Crippen molar-refractivity contribution in [3.8, 4) is 0 Å². The van der Waals surface area contributed by atoms with Gasteiger partial charge in [0, 0.05) is 18.5 Å². The van der Waals surface area contributed by atoms with Gasteiger partial charge in [-0.2, -0.15) is 0 Å². The van der Waals surface area contributed by atoms with Crippen LogP contribution in [0.25, 0.3) is 0 Å². The SMILES string of the molecule is CCC(CC)CS(=O)(=O)c1cccc(C(=O)CCNC(=O)OC(C)(C)C)c1. The molecule has 152 valence electrons. The van der Waals surface area contributed by atoms with E-state index >= 15 is 0 Å². The molecule has 0 aliphatic carbocycles. The molecule has 0 bridgehead atoms. The Bertz CT molecular complexity index is 746. The van der Waals surface area contributed by atoms with Crippen LogP contribution in [0.15, 0.2) is 29.2 Å². The molecular weight excluding hydrogens is 366 g/mol. The summed E-state index contributed by atoms with van der Waals surface area (Å²) in [5, 5.41) is 2.53. The van der Waals surface area contributed by atoms with Crippen molar-refractivity contribution in [2.45, 2.75) is 64.4 Å². The number of hydrogen-bond donors (Lipinski definition) is 1. The maximum Gasteiger partial charge on any atom is 0.407 e. The van der Waals surface area contributed by atoms with E-state index in [4.69, 9.17) is 4.74 Å². The number of nitrogens with one attached hydrogen (secondary N) is 1. The zero-order valence-corrected chi connectivity index (χ0v) is 17.7. The number of amides is 1. The molecule has 0 aromatic heterocycles. The molecule has 0 atom stereocenters. The number of benzene rings is 1. The number of carbonyl (C=O) groups is 2. The van der Waals surface area contributed by atoms with Gasteiger partial charge in [0.1, 0.15) is 5.60 Å². The monoisotopic (exact) mass is 397 g/mol. The van der Waals surface area contributed by atoms with Crippen LogP contribution in [0.4, 0.5) is 4.79 Å². The van der Waals surface area contributed by atoms with Gasteiger partial charge in [-0.25, -0.2) is 13.2 Å². The Balaban J connectivity index is 2.72. The average Bonchev–Trinajstić information content (AvgIpc) is 2.58. The highest BCUT2D eigenvalue weighted by Crippen LogP contribution is 2.20. The molecule has 0 saturated carbocycles. The second-order valence-electron chi connectivity index (χ2n) is 7.59. The van der Waals surface area contributed by atoms with Crippen molar-refractivity contribution in [3.63, 3.8) is 0 Å². The van der Waals surface area contributed by atoms with Gasteiger partial charge in [0.2, 0.25) is 0 Å². The molecule has 1 N–H and O–H groups in total. The third kappa shape index (κ3) is 8.12. The van der Waals surface area contributed by atoms with E-state index in [1.54, 1.807) is 32.9 Å². The maximum atomic E-state index is 12.6.